The van der Waals surface area contributed by atoms with Crippen molar-refractivity contribution in [3.8, 4) is 0 Å². The Hall–Kier alpha value is -0.610. The first-order valence-electron chi connectivity index (χ1n) is 5.83. The molecule has 4 N–H and O–H groups in total. The van der Waals surface area contributed by atoms with Gasteiger partial charge in [-0.2, -0.15) is 0 Å². The number of nitrogens with two attached hydrogens (primary N) is 1. The van der Waals surface area contributed by atoms with Gasteiger partial charge in [-0.25, -0.2) is 0 Å². The molecule has 0 aliphatic heterocycles. The van der Waals surface area contributed by atoms with Crippen molar-refractivity contribution in [1.29, 1.82) is 0 Å². The van der Waals surface area contributed by atoms with Crippen LogP contribution >= 0.6 is 0 Å². The number of nitrogens with one attached hydrogen (secondary N) is 1. The van der Waals surface area contributed by atoms with Gasteiger partial charge in [-0.05, 0) is 19.3 Å². The molecule has 0 bridgehead atoms. The summed E-state index contributed by atoms with van der Waals surface area (Å²) in [5.41, 5.74) is 4.89. The van der Waals surface area contributed by atoms with Gasteiger partial charge in [0.05, 0.1) is 11.6 Å². The van der Waals surface area contributed by atoms with Crippen LogP contribution in [0.3, 0.4) is 0 Å². The molecule has 0 heterocycles. The fourth-order valence-electron chi connectivity index (χ4n) is 1.95. The van der Waals surface area contributed by atoms with E-state index < -0.39 is 11.6 Å². The van der Waals surface area contributed by atoms with Gasteiger partial charge in [0.25, 0.3) is 0 Å². The standard InChI is InChI=1S/C11H22N2O2/c1-2-9(12)10(14)13-8-11(15)6-4-3-5-7-11/h9,15H,2-8,12H2,1H3,(H,13,14). The number of aliphatic hydroxyl groups is 1. The molecule has 0 aromatic rings. The van der Waals surface area contributed by atoms with Crippen molar-refractivity contribution < 1.29 is 9.90 Å². The van der Waals surface area contributed by atoms with E-state index >= 15 is 0 Å². The number of hydrogen-bond acceptors (Lipinski definition) is 3. The fourth-order valence-corrected chi connectivity index (χ4v) is 1.95. The van der Waals surface area contributed by atoms with E-state index in [1.54, 1.807) is 0 Å². The van der Waals surface area contributed by atoms with Crippen LogP contribution in [0.2, 0.25) is 0 Å². The Kier molecular flexibility index (Phi) is 4.54. The van der Waals surface area contributed by atoms with E-state index in [9.17, 15) is 9.90 Å². The summed E-state index contributed by atoms with van der Waals surface area (Å²) < 4.78 is 0. The van der Waals surface area contributed by atoms with Gasteiger partial charge in [-0.15, -0.1) is 0 Å². The molecule has 88 valence electrons. The molecule has 1 rings (SSSR count). The molecule has 1 unspecified atom stereocenters. The van der Waals surface area contributed by atoms with E-state index in [0.29, 0.717) is 13.0 Å². The van der Waals surface area contributed by atoms with Crippen molar-refractivity contribution in [2.24, 2.45) is 5.73 Å². The van der Waals surface area contributed by atoms with Gasteiger partial charge >= 0.3 is 0 Å². The van der Waals surface area contributed by atoms with E-state index in [2.05, 4.69) is 5.32 Å². The summed E-state index contributed by atoms with van der Waals surface area (Å²) in [5, 5.41) is 12.8. The van der Waals surface area contributed by atoms with Crippen LogP contribution in [0.25, 0.3) is 0 Å². The molecule has 0 aromatic heterocycles. The molecule has 1 aliphatic rings. The van der Waals surface area contributed by atoms with Crippen molar-refractivity contribution in [2.75, 3.05) is 6.54 Å². The first kappa shape index (κ1) is 12.5. The maximum Gasteiger partial charge on any atom is 0.237 e. The molecule has 1 saturated carbocycles. The third-order valence-corrected chi connectivity index (χ3v) is 3.15. The molecule has 1 atom stereocenters. The first-order chi connectivity index (χ1) is 7.07. The van der Waals surface area contributed by atoms with Crippen molar-refractivity contribution >= 4 is 5.91 Å². The monoisotopic (exact) mass is 214 g/mol. The lowest BCUT2D eigenvalue weighted by molar-refractivity contribution is -0.124. The first-order valence-corrected chi connectivity index (χ1v) is 5.83. The largest absolute Gasteiger partial charge is 0.388 e. The maximum atomic E-state index is 11.4. The molecular weight excluding hydrogens is 192 g/mol. The van der Waals surface area contributed by atoms with Gasteiger partial charge in [-0.3, -0.25) is 4.79 Å². The maximum absolute atomic E-state index is 11.4. The van der Waals surface area contributed by atoms with Crippen molar-refractivity contribution in [3.05, 3.63) is 0 Å². The van der Waals surface area contributed by atoms with Gasteiger partial charge in [0.15, 0.2) is 0 Å². The minimum atomic E-state index is -0.693. The van der Waals surface area contributed by atoms with Crippen LogP contribution in [0.4, 0.5) is 0 Å². The summed E-state index contributed by atoms with van der Waals surface area (Å²) in [4.78, 5) is 11.4. The molecular formula is C11H22N2O2. The zero-order chi connectivity index (χ0) is 11.3. The van der Waals surface area contributed by atoms with Crippen LogP contribution in [0.1, 0.15) is 45.4 Å². The summed E-state index contributed by atoms with van der Waals surface area (Å²) >= 11 is 0. The predicted octanol–water partition coefficient (Wildman–Crippen LogP) is 0.535. The average molecular weight is 214 g/mol. The minimum absolute atomic E-state index is 0.156. The SMILES string of the molecule is CCC(N)C(=O)NCC1(O)CCCCC1. The van der Waals surface area contributed by atoms with Crippen molar-refractivity contribution in [2.45, 2.75) is 57.1 Å². The van der Waals surface area contributed by atoms with Gasteiger partial charge in [-0.1, -0.05) is 26.2 Å². The van der Waals surface area contributed by atoms with Gasteiger partial charge in [0.1, 0.15) is 0 Å². The summed E-state index contributed by atoms with van der Waals surface area (Å²) in [6.07, 6.45) is 5.48. The lowest BCUT2D eigenvalue weighted by Gasteiger charge is -2.32. The normalized spacial score (nSPS) is 22.1. The number of rotatable bonds is 4. The Bertz CT molecular complexity index is 213. The van der Waals surface area contributed by atoms with Crippen LogP contribution < -0.4 is 11.1 Å². The van der Waals surface area contributed by atoms with Crippen molar-refractivity contribution in [1.82, 2.24) is 5.32 Å². The Morgan fingerprint density at radius 1 is 1.47 bits per heavy atom. The zero-order valence-electron chi connectivity index (χ0n) is 9.46. The van der Waals surface area contributed by atoms with E-state index in [1.165, 1.54) is 6.42 Å². The third-order valence-electron chi connectivity index (χ3n) is 3.15. The molecule has 4 nitrogen and oxygen atoms in total. The summed E-state index contributed by atoms with van der Waals surface area (Å²) in [5.74, 6) is -0.156. The van der Waals surface area contributed by atoms with Crippen LogP contribution in [-0.4, -0.2) is 29.2 Å². The number of carbonyl (C=O) groups is 1. The van der Waals surface area contributed by atoms with Crippen LogP contribution in [-0.2, 0) is 4.79 Å². The highest BCUT2D eigenvalue weighted by Crippen LogP contribution is 2.27. The average Bonchev–Trinajstić information content (AvgIpc) is 2.26. The molecule has 0 radical (unpaired) electrons. The second-order valence-corrected chi connectivity index (χ2v) is 4.52. The highest BCUT2D eigenvalue weighted by Gasteiger charge is 2.29. The topological polar surface area (TPSA) is 75.4 Å². The lowest BCUT2D eigenvalue weighted by atomic mass is 9.85. The Balaban J connectivity index is 2.31. The summed E-state index contributed by atoms with van der Waals surface area (Å²) in [6.45, 7) is 2.22. The highest BCUT2D eigenvalue weighted by atomic mass is 16.3. The Morgan fingerprint density at radius 3 is 2.60 bits per heavy atom. The summed E-state index contributed by atoms with van der Waals surface area (Å²) in [7, 11) is 0. The number of carbonyl (C=O) groups excluding carboxylic acids is 1. The highest BCUT2D eigenvalue weighted by molar-refractivity contribution is 5.81. The lowest BCUT2D eigenvalue weighted by Crippen LogP contribution is -2.48. The molecule has 1 aliphatic carbocycles. The molecule has 0 spiro atoms. The molecule has 1 amide bonds. The Labute approximate surface area is 91.2 Å². The zero-order valence-corrected chi connectivity index (χ0v) is 9.46. The summed E-state index contributed by atoms with van der Waals surface area (Å²) in [6, 6.07) is -0.447. The van der Waals surface area contributed by atoms with Crippen LogP contribution in [0.5, 0.6) is 0 Å². The molecule has 0 saturated heterocycles. The number of amides is 1. The fraction of sp³-hybridized carbons (Fsp3) is 0.909. The van der Waals surface area contributed by atoms with E-state index in [-0.39, 0.29) is 5.91 Å². The number of hydrogen-bond donors (Lipinski definition) is 3. The van der Waals surface area contributed by atoms with E-state index in [4.69, 9.17) is 5.73 Å². The van der Waals surface area contributed by atoms with Gasteiger partial charge in [0.2, 0.25) is 5.91 Å². The second kappa shape index (κ2) is 5.47. The quantitative estimate of drug-likeness (QED) is 0.639. The smallest absolute Gasteiger partial charge is 0.237 e. The minimum Gasteiger partial charge on any atom is -0.388 e. The van der Waals surface area contributed by atoms with Crippen molar-refractivity contribution in [3.63, 3.8) is 0 Å². The van der Waals surface area contributed by atoms with Gasteiger partial charge < -0.3 is 16.2 Å². The molecule has 1 fully saturated rings. The molecule has 0 aromatic carbocycles. The van der Waals surface area contributed by atoms with Crippen LogP contribution in [0.15, 0.2) is 0 Å². The van der Waals surface area contributed by atoms with Crippen LogP contribution in [0, 0.1) is 0 Å². The Morgan fingerprint density at radius 2 is 2.07 bits per heavy atom. The second-order valence-electron chi connectivity index (χ2n) is 4.52. The van der Waals surface area contributed by atoms with E-state index in [1.807, 2.05) is 6.92 Å². The molecule has 4 heteroatoms. The van der Waals surface area contributed by atoms with E-state index in [0.717, 1.165) is 25.7 Å². The molecule has 15 heavy (non-hydrogen) atoms. The van der Waals surface area contributed by atoms with Gasteiger partial charge in [0, 0.05) is 6.54 Å². The predicted molar refractivity (Wildman–Crippen MR) is 59.3 cm³/mol. The third kappa shape index (κ3) is 3.80.